The molecule has 1 aliphatic carbocycles. The maximum atomic E-state index is 12.6. The first-order valence-corrected chi connectivity index (χ1v) is 7.23. The molecule has 0 bridgehead atoms. The molecule has 0 aromatic rings. The Morgan fingerprint density at radius 3 is 2.47 bits per heavy atom. The Morgan fingerprint density at radius 1 is 1.12 bits per heavy atom. The van der Waals surface area contributed by atoms with Crippen LogP contribution in [0.4, 0.5) is 0 Å². The number of carbonyl (C=O) groups excluding carboxylic acids is 1. The van der Waals surface area contributed by atoms with Gasteiger partial charge >= 0.3 is 0 Å². The summed E-state index contributed by atoms with van der Waals surface area (Å²) in [5.41, 5.74) is 5.81. The molecule has 1 unspecified atom stereocenters. The van der Waals surface area contributed by atoms with Crippen LogP contribution < -0.4 is 5.73 Å². The van der Waals surface area contributed by atoms with Crippen molar-refractivity contribution in [3.63, 3.8) is 0 Å². The quantitative estimate of drug-likeness (QED) is 0.762. The number of amides is 1. The predicted molar refractivity (Wildman–Crippen MR) is 69.6 cm³/mol. The molecule has 1 amide bonds. The van der Waals surface area contributed by atoms with Gasteiger partial charge in [0, 0.05) is 12.6 Å². The summed E-state index contributed by atoms with van der Waals surface area (Å²) in [6, 6.07) is 0.382. The minimum Gasteiger partial charge on any atom is -0.338 e. The minimum absolute atomic E-state index is 0.228. The van der Waals surface area contributed by atoms with E-state index in [0.29, 0.717) is 6.04 Å². The molecule has 0 aromatic heterocycles. The summed E-state index contributed by atoms with van der Waals surface area (Å²) in [6.07, 6.45) is 10.0. The van der Waals surface area contributed by atoms with E-state index in [4.69, 9.17) is 5.73 Å². The molecule has 0 spiro atoms. The van der Waals surface area contributed by atoms with Gasteiger partial charge in [0.2, 0.25) is 5.91 Å². The molecule has 1 saturated heterocycles. The van der Waals surface area contributed by atoms with Crippen LogP contribution in [-0.2, 0) is 4.79 Å². The summed E-state index contributed by atoms with van der Waals surface area (Å²) in [4.78, 5) is 14.7. The molecule has 1 atom stereocenters. The Balaban J connectivity index is 2.06. The molecule has 2 fully saturated rings. The maximum Gasteiger partial charge on any atom is 0.242 e. The third kappa shape index (κ3) is 2.82. The topological polar surface area (TPSA) is 46.3 Å². The van der Waals surface area contributed by atoms with Crippen molar-refractivity contribution in [1.29, 1.82) is 0 Å². The third-order valence-corrected chi connectivity index (χ3v) is 4.49. The standard InChI is InChI=1S/C14H26N2O/c1-12-8-4-2-7-11-16(12)13(17)14(15)9-5-3-6-10-14/h12H,2-11,15H2,1H3. The van der Waals surface area contributed by atoms with Crippen LogP contribution in [0, 0.1) is 0 Å². The lowest BCUT2D eigenvalue weighted by atomic mass is 9.81. The zero-order valence-corrected chi connectivity index (χ0v) is 11.1. The fourth-order valence-corrected chi connectivity index (χ4v) is 3.26. The third-order valence-electron chi connectivity index (χ3n) is 4.49. The lowest BCUT2D eigenvalue weighted by molar-refractivity contribution is -0.140. The highest BCUT2D eigenvalue weighted by Gasteiger charge is 2.39. The molecule has 1 saturated carbocycles. The van der Waals surface area contributed by atoms with Gasteiger partial charge in [0.05, 0.1) is 5.54 Å². The van der Waals surface area contributed by atoms with Crippen molar-refractivity contribution in [2.45, 2.75) is 76.3 Å². The Morgan fingerprint density at radius 2 is 1.76 bits per heavy atom. The van der Waals surface area contributed by atoms with Gasteiger partial charge < -0.3 is 10.6 Å². The molecule has 2 aliphatic rings. The summed E-state index contributed by atoms with van der Waals surface area (Å²) in [7, 11) is 0. The van der Waals surface area contributed by atoms with Crippen molar-refractivity contribution >= 4 is 5.91 Å². The van der Waals surface area contributed by atoms with Crippen molar-refractivity contribution in [2.75, 3.05) is 6.54 Å². The normalized spacial score (nSPS) is 29.8. The van der Waals surface area contributed by atoms with Gasteiger partial charge in [-0.3, -0.25) is 4.79 Å². The summed E-state index contributed by atoms with van der Waals surface area (Å²) >= 11 is 0. The van der Waals surface area contributed by atoms with Crippen molar-refractivity contribution in [3.05, 3.63) is 0 Å². The van der Waals surface area contributed by atoms with Gasteiger partial charge in [0.15, 0.2) is 0 Å². The van der Waals surface area contributed by atoms with Crippen LogP contribution in [0.15, 0.2) is 0 Å². The van der Waals surface area contributed by atoms with Crippen molar-refractivity contribution in [2.24, 2.45) is 5.73 Å². The summed E-state index contributed by atoms with van der Waals surface area (Å²) in [5, 5.41) is 0. The van der Waals surface area contributed by atoms with Crippen molar-refractivity contribution in [1.82, 2.24) is 4.90 Å². The number of carbonyl (C=O) groups is 1. The van der Waals surface area contributed by atoms with Crippen LogP contribution in [0.3, 0.4) is 0 Å². The first-order chi connectivity index (χ1) is 8.13. The fraction of sp³-hybridized carbons (Fsp3) is 0.929. The van der Waals surface area contributed by atoms with Crippen LogP contribution in [0.25, 0.3) is 0 Å². The Labute approximate surface area is 105 Å². The minimum atomic E-state index is -0.545. The second kappa shape index (κ2) is 5.38. The second-order valence-corrected chi connectivity index (χ2v) is 5.91. The Bertz CT molecular complexity index is 271. The van der Waals surface area contributed by atoms with E-state index in [-0.39, 0.29) is 5.91 Å². The first kappa shape index (κ1) is 12.9. The van der Waals surface area contributed by atoms with Gasteiger partial charge in [-0.2, -0.15) is 0 Å². The number of rotatable bonds is 1. The molecule has 2 rings (SSSR count). The highest BCUT2D eigenvalue weighted by Crippen LogP contribution is 2.29. The molecular formula is C14H26N2O. The molecule has 3 nitrogen and oxygen atoms in total. The van der Waals surface area contributed by atoms with Crippen LogP contribution in [0.1, 0.15) is 64.7 Å². The van der Waals surface area contributed by atoms with E-state index in [1.807, 2.05) is 0 Å². The zero-order valence-electron chi connectivity index (χ0n) is 11.1. The molecule has 17 heavy (non-hydrogen) atoms. The zero-order chi connectivity index (χ0) is 12.3. The van der Waals surface area contributed by atoms with Gasteiger partial charge in [-0.05, 0) is 32.6 Å². The van der Waals surface area contributed by atoms with E-state index in [2.05, 4.69) is 11.8 Å². The van der Waals surface area contributed by atoms with E-state index in [0.717, 1.165) is 45.1 Å². The van der Waals surface area contributed by atoms with E-state index >= 15 is 0 Å². The fourth-order valence-electron chi connectivity index (χ4n) is 3.26. The van der Waals surface area contributed by atoms with E-state index in [9.17, 15) is 4.79 Å². The van der Waals surface area contributed by atoms with Gasteiger partial charge in [-0.15, -0.1) is 0 Å². The molecule has 0 radical (unpaired) electrons. The summed E-state index contributed by atoms with van der Waals surface area (Å²) in [6.45, 7) is 3.09. The van der Waals surface area contributed by atoms with E-state index < -0.39 is 5.54 Å². The molecular weight excluding hydrogens is 212 g/mol. The van der Waals surface area contributed by atoms with Gasteiger partial charge in [-0.25, -0.2) is 0 Å². The number of hydrogen-bond donors (Lipinski definition) is 1. The monoisotopic (exact) mass is 238 g/mol. The number of likely N-dealkylation sites (tertiary alicyclic amines) is 1. The van der Waals surface area contributed by atoms with Crippen LogP contribution in [0.5, 0.6) is 0 Å². The predicted octanol–water partition coefficient (Wildman–Crippen LogP) is 2.44. The average molecular weight is 238 g/mol. The second-order valence-electron chi connectivity index (χ2n) is 5.91. The van der Waals surface area contributed by atoms with Gasteiger partial charge in [0.25, 0.3) is 0 Å². The van der Waals surface area contributed by atoms with Gasteiger partial charge in [0.1, 0.15) is 0 Å². The SMILES string of the molecule is CC1CCCCCN1C(=O)C1(N)CCCCC1. The number of nitrogens with two attached hydrogens (primary N) is 1. The van der Waals surface area contributed by atoms with Crippen LogP contribution in [-0.4, -0.2) is 28.9 Å². The lowest BCUT2D eigenvalue weighted by Crippen LogP contribution is -2.58. The molecule has 1 heterocycles. The lowest BCUT2D eigenvalue weighted by Gasteiger charge is -2.39. The number of nitrogens with zero attached hydrogens (tertiary/aromatic N) is 1. The molecule has 2 N–H and O–H groups in total. The molecule has 1 aliphatic heterocycles. The highest BCUT2D eigenvalue weighted by atomic mass is 16.2. The summed E-state index contributed by atoms with van der Waals surface area (Å²) < 4.78 is 0. The first-order valence-electron chi connectivity index (χ1n) is 7.23. The highest BCUT2D eigenvalue weighted by molar-refractivity contribution is 5.86. The Hall–Kier alpha value is -0.570. The van der Waals surface area contributed by atoms with Crippen molar-refractivity contribution in [3.8, 4) is 0 Å². The Kier molecular flexibility index (Phi) is 4.08. The van der Waals surface area contributed by atoms with E-state index in [1.165, 1.54) is 19.3 Å². The summed E-state index contributed by atoms with van der Waals surface area (Å²) in [5.74, 6) is 0.228. The molecule has 98 valence electrons. The smallest absolute Gasteiger partial charge is 0.242 e. The van der Waals surface area contributed by atoms with Crippen LogP contribution >= 0.6 is 0 Å². The maximum absolute atomic E-state index is 12.6. The largest absolute Gasteiger partial charge is 0.338 e. The van der Waals surface area contributed by atoms with Crippen molar-refractivity contribution < 1.29 is 4.79 Å². The van der Waals surface area contributed by atoms with Crippen LogP contribution in [0.2, 0.25) is 0 Å². The average Bonchev–Trinajstić information content (AvgIpc) is 2.54. The molecule has 0 aromatic carbocycles. The number of hydrogen-bond acceptors (Lipinski definition) is 2. The van der Waals surface area contributed by atoms with Gasteiger partial charge in [-0.1, -0.05) is 32.1 Å². The van der Waals surface area contributed by atoms with E-state index in [1.54, 1.807) is 0 Å². The molecule has 3 heteroatoms.